The molecule has 0 aromatic carbocycles. The lowest BCUT2D eigenvalue weighted by Crippen LogP contribution is -2.13. The van der Waals surface area contributed by atoms with Crippen molar-refractivity contribution in [3.8, 4) is 0 Å². The molecule has 1 rings (SSSR count). The van der Waals surface area contributed by atoms with Gasteiger partial charge < -0.3 is 0 Å². The van der Waals surface area contributed by atoms with Gasteiger partial charge in [-0.05, 0) is 30.6 Å². The summed E-state index contributed by atoms with van der Waals surface area (Å²) in [6, 6.07) is 0. The fraction of sp³-hybridized carbons (Fsp3) is 0.636. The molecule has 0 amide bonds. The van der Waals surface area contributed by atoms with Crippen LogP contribution in [0.4, 0.5) is 0 Å². The predicted octanol–water partition coefficient (Wildman–Crippen LogP) is 4.30. The van der Waals surface area contributed by atoms with Gasteiger partial charge in [0.1, 0.15) is 0 Å². The molecule has 0 saturated heterocycles. The molecule has 0 aliphatic heterocycles. The van der Waals surface area contributed by atoms with Gasteiger partial charge >= 0.3 is 0 Å². The number of rotatable bonds is 4. The fourth-order valence-electron chi connectivity index (χ4n) is 1.50. The van der Waals surface area contributed by atoms with E-state index in [0.717, 1.165) is 5.92 Å². The van der Waals surface area contributed by atoms with Crippen molar-refractivity contribution >= 4 is 21.6 Å². The molecule has 74 valence electrons. The molecule has 2 heteroatoms. The van der Waals surface area contributed by atoms with Crippen LogP contribution in [0, 0.1) is 5.92 Å². The van der Waals surface area contributed by atoms with E-state index in [1.54, 1.807) is 0 Å². The van der Waals surface area contributed by atoms with Gasteiger partial charge in [-0.25, -0.2) is 0 Å². The Morgan fingerprint density at radius 3 is 2.54 bits per heavy atom. The van der Waals surface area contributed by atoms with Gasteiger partial charge in [-0.15, -0.1) is 0 Å². The fourth-order valence-corrected chi connectivity index (χ4v) is 3.84. The van der Waals surface area contributed by atoms with Crippen LogP contribution in [0.5, 0.6) is 0 Å². The highest BCUT2D eigenvalue weighted by Crippen LogP contribution is 2.35. The first-order valence-electron chi connectivity index (χ1n) is 4.81. The third kappa shape index (κ3) is 3.43. The van der Waals surface area contributed by atoms with Crippen molar-refractivity contribution in [3.63, 3.8) is 0 Å². The van der Waals surface area contributed by atoms with Gasteiger partial charge in [-0.1, -0.05) is 53.7 Å². The van der Waals surface area contributed by atoms with Crippen LogP contribution in [0.15, 0.2) is 23.8 Å². The summed E-state index contributed by atoms with van der Waals surface area (Å²) in [4.78, 5) is 0. The van der Waals surface area contributed by atoms with Crippen LogP contribution in [-0.2, 0) is 0 Å². The zero-order valence-corrected chi connectivity index (χ0v) is 10.3. The largest absolute Gasteiger partial charge is 0.0970 e. The standard InChI is InChI=1S/C11H18S2/c1-9(2)11(13-12-3)10-7-5-4-6-8-10/h5,7-9,11H,4,6H2,1-3H3. The lowest BCUT2D eigenvalue weighted by Gasteiger charge is -2.21. The van der Waals surface area contributed by atoms with E-state index >= 15 is 0 Å². The van der Waals surface area contributed by atoms with Crippen LogP contribution in [0.1, 0.15) is 26.7 Å². The highest BCUT2D eigenvalue weighted by Gasteiger charge is 2.17. The van der Waals surface area contributed by atoms with E-state index in [0.29, 0.717) is 5.25 Å². The molecule has 1 unspecified atom stereocenters. The van der Waals surface area contributed by atoms with Gasteiger partial charge in [0.05, 0.1) is 0 Å². The molecule has 0 fully saturated rings. The van der Waals surface area contributed by atoms with E-state index in [1.807, 2.05) is 21.6 Å². The Morgan fingerprint density at radius 1 is 1.31 bits per heavy atom. The van der Waals surface area contributed by atoms with Crippen molar-refractivity contribution in [1.29, 1.82) is 0 Å². The molecule has 0 bridgehead atoms. The summed E-state index contributed by atoms with van der Waals surface area (Å²) in [5.74, 6) is 0.728. The molecule has 0 aromatic rings. The molecule has 1 aliphatic rings. The third-order valence-electron chi connectivity index (χ3n) is 2.16. The quantitative estimate of drug-likeness (QED) is 0.640. The van der Waals surface area contributed by atoms with Gasteiger partial charge in [0.25, 0.3) is 0 Å². The maximum atomic E-state index is 2.40. The van der Waals surface area contributed by atoms with Gasteiger partial charge in [0, 0.05) is 5.25 Å². The Kier molecular flexibility index (Phi) is 5.04. The van der Waals surface area contributed by atoms with E-state index in [9.17, 15) is 0 Å². The molecule has 13 heavy (non-hydrogen) atoms. The van der Waals surface area contributed by atoms with E-state index in [-0.39, 0.29) is 0 Å². The zero-order chi connectivity index (χ0) is 9.68. The van der Waals surface area contributed by atoms with Crippen LogP contribution in [0.3, 0.4) is 0 Å². The van der Waals surface area contributed by atoms with Crippen molar-refractivity contribution in [2.24, 2.45) is 5.92 Å². The first-order valence-corrected chi connectivity index (χ1v) is 7.44. The molecule has 0 saturated carbocycles. The molecule has 0 heterocycles. The molecule has 0 spiro atoms. The minimum atomic E-state index is 0.673. The maximum absolute atomic E-state index is 2.40. The molecule has 1 aliphatic carbocycles. The van der Waals surface area contributed by atoms with Crippen molar-refractivity contribution in [2.75, 3.05) is 6.26 Å². The second kappa shape index (κ2) is 5.82. The van der Waals surface area contributed by atoms with E-state index in [1.165, 1.54) is 18.4 Å². The van der Waals surface area contributed by atoms with Crippen molar-refractivity contribution < 1.29 is 0 Å². The highest BCUT2D eigenvalue weighted by atomic mass is 33.1. The Labute approximate surface area is 89.6 Å². The number of hydrogen-bond donors (Lipinski definition) is 0. The minimum absolute atomic E-state index is 0.673. The zero-order valence-electron chi connectivity index (χ0n) is 8.62. The molecule has 0 aromatic heterocycles. The average Bonchev–Trinajstić information content (AvgIpc) is 2.15. The summed E-state index contributed by atoms with van der Waals surface area (Å²) in [7, 11) is 3.86. The second-order valence-corrected chi connectivity index (χ2v) is 6.22. The second-order valence-electron chi connectivity index (χ2n) is 3.61. The summed E-state index contributed by atoms with van der Waals surface area (Å²) >= 11 is 0. The van der Waals surface area contributed by atoms with Crippen LogP contribution in [-0.4, -0.2) is 11.5 Å². The molecular formula is C11H18S2. The van der Waals surface area contributed by atoms with Crippen LogP contribution >= 0.6 is 21.6 Å². The lowest BCUT2D eigenvalue weighted by molar-refractivity contribution is 0.663. The normalized spacial score (nSPS) is 18.9. The maximum Gasteiger partial charge on any atom is 0.0420 e. The summed E-state index contributed by atoms with van der Waals surface area (Å²) in [5.41, 5.74) is 1.53. The molecule has 0 N–H and O–H groups in total. The van der Waals surface area contributed by atoms with E-state index in [4.69, 9.17) is 0 Å². The smallest absolute Gasteiger partial charge is 0.0420 e. The lowest BCUT2D eigenvalue weighted by atomic mass is 9.97. The average molecular weight is 214 g/mol. The summed E-state index contributed by atoms with van der Waals surface area (Å²) < 4.78 is 0. The van der Waals surface area contributed by atoms with Crippen molar-refractivity contribution in [2.45, 2.75) is 31.9 Å². The number of allylic oxidation sites excluding steroid dienone is 3. The first kappa shape index (κ1) is 11.3. The van der Waals surface area contributed by atoms with Crippen LogP contribution in [0.2, 0.25) is 0 Å². The molecular weight excluding hydrogens is 196 g/mol. The Balaban J connectivity index is 2.63. The Morgan fingerprint density at radius 2 is 2.08 bits per heavy atom. The van der Waals surface area contributed by atoms with Gasteiger partial charge in [0.2, 0.25) is 0 Å². The van der Waals surface area contributed by atoms with Crippen molar-refractivity contribution in [3.05, 3.63) is 23.8 Å². The van der Waals surface area contributed by atoms with Gasteiger partial charge in [-0.2, -0.15) is 0 Å². The van der Waals surface area contributed by atoms with Gasteiger partial charge in [0.15, 0.2) is 0 Å². The number of hydrogen-bond acceptors (Lipinski definition) is 2. The highest BCUT2D eigenvalue weighted by molar-refractivity contribution is 8.76. The minimum Gasteiger partial charge on any atom is -0.0970 e. The molecule has 1 atom stereocenters. The Bertz CT molecular complexity index is 204. The van der Waals surface area contributed by atoms with Crippen LogP contribution in [0.25, 0.3) is 0 Å². The summed E-state index contributed by atoms with van der Waals surface area (Å²) in [6.07, 6.45) is 11.6. The monoisotopic (exact) mass is 214 g/mol. The molecule has 0 nitrogen and oxygen atoms in total. The van der Waals surface area contributed by atoms with E-state index < -0.39 is 0 Å². The van der Waals surface area contributed by atoms with Gasteiger partial charge in [-0.3, -0.25) is 0 Å². The Hall–Kier alpha value is 0.180. The van der Waals surface area contributed by atoms with Crippen molar-refractivity contribution in [1.82, 2.24) is 0 Å². The predicted molar refractivity (Wildman–Crippen MR) is 66.2 cm³/mol. The summed E-state index contributed by atoms with van der Waals surface area (Å²) in [5, 5.41) is 0.673. The molecule has 0 radical (unpaired) electrons. The topological polar surface area (TPSA) is 0 Å². The van der Waals surface area contributed by atoms with Crippen LogP contribution < -0.4 is 0 Å². The SMILES string of the molecule is CSSC(C1=CCCC=C1)C(C)C. The first-order chi connectivity index (χ1) is 6.25. The summed E-state index contributed by atoms with van der Waals surface area (Å²) in [6.45, 7) is 4.61. The third-order valence-corrected chi connectivity index (χ3v) is 4.57. The van der Waals surface area contributed by atoms with E-state index in [2.05, 4.69) is 38.3 Å².